The molecule has 2 N–H and O–H groups in total. The van der Waals surface area contributed by atoms with Crippen LogP contribution in [0.25, 0.3) is 0 Å². The molecule has 2 rings (SSSR count). The molecule has 4 nitrogen and oxygen atoms in total. The zero-order valence-corrected chi connectivity index (χ0v) is 15.7. The topological polar surface area (TPSA) is 39.7 Å². The molecule has 1 aliphatic rings. The fourth-order valence-corrected chi connectivity index (χ4v) is 3.95. The van der Waals surface area contributed by atoms with Crippen molar-refractivity contribution in [1.29, 1.82) is 0 Å². The second-order valence-corrected chi connectivity index (χ2v) is 7.65. The van der Waals surface area contributed by atoms with E-state index in [0.29, 0.717) is 6.54 Å². The summed E-state index contributed by atoms with van der Waals surface area (Å²) in [6.07, 6.45) is 2.67. The highest BCUT2D eigenvalue weighted by Gasteiger charge is 2.15. The van der Waals surface area contributed by atoms with Crippen molar-refractivity contribution in [2.75, 3.05) is 37.8 Å². The molecular weight excluding hydrogens is 304 g/mol. The smallest absolute Gasteiger partial charge is 0.191 e. The summed E-state index contributed by atoms with van der Waals surface area (Å²) in [5.41, 5.74) is 3.79. The van der Waals surface area contributed by atoms with Gasteiger partial charge in [0.25, 0.3) is 0 Å². The van der Waals surface area contributed by atoms with E-state index in [9.17, 15) is 0 Å². The van der Waals surface area contributed by atoms with E-state index in [1.165, 1.54) is 35.4 Å². The lowest BCUT2D eigenvalue weighted by atomic mass is 10.1. The van der Waals surface area contributed by atoms with Crippen LogP contribution >= 0.6 is 11.8 Å². The molecule has 1 atom stereocenters. The number of guanidine groups is 1. The van der Waals surface area contributed by atoms with Gasteiger partial charge in [0, 0.05) is 38.1 Å². The monoisotopic (exact) mass is 334 g/mol. The highest BCUT2D eigenvalue weighted by molar-refractivity contribution is 8.00. The van der Waals surface area contributed by atoms with Crippen LogP contribution in [0.3, 0.4) is 0 Å². The van der Waals surface area contributed by atoms with E-state index in [2.05, 4.69) is 73.4 Å². The molecule has 5 heteroatoms. The van der Waals surface area contributed by atoms with Gasteiger partial charge in [0.15, 0.2) is 5.96 Å². The maximum absolute atomic E-state index is 4.78. The Labute approximate surface area is 145 Å². The van der Waals surface area contributed by atoms with Gasteiger partial charge >= 0.3 is 0 Å². The third-order valence-electron chi connectivity index (χ3n) is 4.00. The van der Waals surface area contributed by atoms with Crippen LogP contribution in [0.15, 0.2) is 23.2 Å². The van der Waals surface area contributed by atoms with Crippen LogP contribution in [0.1, 0.15) is 30.9 Å². The number of aryl methyl sites for hydroxylation is 1. The second kappa shape index (κ2) is 9.06. The number of rotatable bonds is 6. The Morgan fingerprint density at radius 1 is 1.35 bits per heavy atom. The van der Waals surface area contributed by atoms with E-state index < -0.39 is 0 Å². The average molecular weight is 335 g/mol. The van der Waals surface area contributed by atoms with Crippen LogP contribution in [0.4, 0.5) is 5.69 Å². The van der Waals surface area contributed by atoms with Crippen molar-refractivity contribution in [3.8, 4) is 0 Å². The molecule has 1 aromatic rings. The van der Waals surface area contributed by atoms with Crippen LogP contribution in [0.2, 0.25) is 0 Å². The van der Waals surface area contributed by atoms with Crippen LogP contribution in [-0.2, 0) is 6.54 Å². The van der Waals surface area contributed by atoms with Gasteiger partial charge < -0.3 is 15.5 Å². The molecule has 0 aliphatic carbocycles. The van der Waals surface area contributed by atoms with E-state index in [1.54, 1.807) is 0 Å². The van der Waals surface area contributed by atoms with Gasteiger partial charge in [-0.05, 0) is 49.6 Å². The molecule has 0 radical (unpaired) electrons. The van der Waals surface area contributed by atoms with Gasteiger partial charge in [-0.15, -0.1) is 0 Å². The Bertz CT molecular complexity index is 522. The van der Waals surface area contributed by atoms with Gasteiger partial charge in [-0.2, -0.15) is 11.8 Å². The Morgan fingerprint density at radius 3 is 2.83 bits per heavy atom. The third kappa shape index (κ3) is 5.65. The number of nitrogens with one attached hydrogen (secondary N) is 2. The molecule has 1 unspecified atom stereocenters. The van der Waals surface area contributed by atoms with Crippen LogP contribution in [0.5, 0.6) is 0 Å². The first-order valence-electron chi connectivity index (χ1n) is 8.50. The van der Waals surface area contributed by atoms with E-state index >= 15 is 0 Å². The van der Waals surface area contributed by atoms with Gasteiger partial charge in [0.1, 0.15) is 0 Å². The molecule has 1 aromatic carbocycles. The zero-order chi connectivity index (χ0) is 16.7. The molecule has 0 saturated carbocycles. The van der Waals surface area contributed by atoms with Gasteiger partial charge in [0.2, 0.25) is 0 Å². The predicted octanol–water partition coefficient (Wildman–Crippen LogP) is 3.01. The van der Waals surface area contributed by atoms with Crippen molar-refractivity contribution in [1.82, 2.24) is 10.6 Å². The number of nitrogens with zero attached hydrogens (tertiary/aromatic N) is 2. The zero-order valence-electron chi connectivity index (χ0n) is 14.9. The molecule has 1 saturated heterocycles. The predicted molar refractivity (Wildman–Crippen MR) is 104 cm³/mol. The fourth-order valence-electron chi connectivity index (χ4n) is 2.75. The summed E-state index contributed by atoms with van der Waals surface area (Å²) in [6, 6.07) is 6.57. The van der Waals surface area contributed by atoms with E-state index in [0.717, 1.165) is 24.3 Å². The number of thioether (sulfide) groups is 1. The minimum atomic E-state index is 0.695. The third-order valence-corrected chi connectivity index (χ3v) is 5.39. The lowest BCUT2D eigenvalue weighted by molar-refractivity contribution is 0.727. The summed E-state index contributed by atoms with van der Waals surface area (Å²) in [5.74, 6) is 2.22. The highest BCUT2D eigenvalue weighted by atomic mass is 32.2. The Hall–Kier alpha value is -1.36. The van der Waals surface area contributed by atoms with Crippen molar-refractivity contribution in [3.05, 3.63) is 29.3 Å². The van der Waals surface area contributed by atoms with E-state index in [1.807, 2.05) is 0 Å². The summed E-state index contributed by atoms with van der Waals surface area (Å²) in [4.78, 5) is 6.94. The fraction of sp³-hybridized carbons (Fsp3) is 0.611. The summed E-state index contributed by atoms with van der Waals surface area (Å²) in [7, 11) is 4.17. The maximum atomic E-state index is 4.78. The van der Waals surface area contributed by atoms with Gasteiger partial charge in [-0.1, -0.05) is 12.1 Å². The standard InChI is InChI=1S/C18H30N4S/c1-5-19-18(21-13-16-7-6-10-23-16)20-12-15-9-8-14(2)11-17(15)22(3)4/h8-9,11,16H,5-7,10,12-13H2,1-4H3,(H2,19,20,21). The molecule has 0 bridgehead atoms. The van der Waals surface area contributed by atoms with Gasteiger partial charge in [0.05, 0.1) is 6.54 Å². The molecule has 0 aromatic heterocycles. The SMILES string of the molecule is CCNC(=NCc1ccc(C)cc1N(C)C)NCC1CCCS1. The minimum Gasteiger partial charge on any atom is -0.377 e. The number of hydrogen-bond donors (Lipinski definition) is 2. The minimum absolute atomic E-state index is 0.695. The lowest BCUT2D eigenvalue weighted by Crippen LogP contribution is -2.40. The lowest BCUT2D eigenvalue weighted by Gasteiger charge is -2.18. The second-order valence-electron chi connectivity index (χ2n) is 6.24. The van der Waals surface area contributed by atoms with Crippen LogP contribution in [-0.4, -0.2) is 44.1 Å². The largest absolute Gasteiger partial charge is 0.377 e. The van der Waals surface area contributed by atoms with Crippen molar-refractivity contribution in [2.45, 2.75) is 38.5 Å². The maximum Gasteiger partial charge on any atom is 0.191 e. The number of anilines is 1. The molecule has 1 fully saturated rings. The molecule has 1 heterocycles. The van der Waals surface area contributed by atoms with Crippen molar-refractivity contribution >= 4 is 23.4 Å². The normalized spacial score (nSPS) is 18.1. The molecule has 128 valence electrons. The quantitative estimate of drug-likeness (QED) is 0.620. The van der Waals surface area contributed by atoms with E-state index in [-0.39, 0.29) is 0 Å². The Morgan fingerprint density at radius 2 is 2.17 bits per heavy atom. The number of hydrogen-bond acceptors (Lipinski definition) is 3. The Balaban J connectivity index is 2.01. The van der Waals surface area contributed by atoms with Crippen molar-refractivity contribution in [3.63, 3.8) is 0 Å². The molecular formula is C18H30N4S. The van der Waals surface area contributed by atoms with E-state index in [4.69, 9.17) is 4.99 Å². The summed E-state index contributed by atoms with van der Waals surface area (Å²) in [6.45, 7) is 6.83. The molecule has 0 spiro atoms. The average Bonchev–Trinajstić information content (AvgIpc) is 3.04. The van der Waals surface area contributed by atoms with Crippen molar-refractivity contribution < 1.29 is 0 Å². The first kappa shape index (κ1) is 18.0. The molecule has 0 amide bonds. The molecule has 23 heavy (non-hydrogen) atoms. The van der Waals surface area contributed by atoms with Gasteiger partial charge in [-0.3, -0.25) is 0 Å². The highest BCUT2D eigenvalue weighted by Crippen LogP contribution is 2.25. The van der Waals surface area contributed by atoms with Gasteiger partial charge in [-0.25, -0.2) is 4.99 Å². The van der Waals surface area contributed by atoms with Crippen LogP contribution in [0, 0.1) is 6.92 Å². The summed E-state index contributed by atoms with van der Waals surface area (Å²) in [5, 5.41) is 7.58. The van der Waals surface area contributed by atoms with Crippen LogP contribution < -0.4 is 15.5 Å². The number of aliphatic imine (C=N–C) groups is 1. The molecule has 1 aliphatic heterocycles. The first-order chi connectivity index (χ1) is 11.1. The summed E-state index contributed by atoms with van der Waals surface area (Å²) >= 11 is 2.07. The number of benzene rings is 1. The van der Waals surface area contributed by atoms with Crippen molar-refractivity contribution in [2.24, 2.45) is 4.99 Å². The first-order valence-corrected chi connectivity index (χ1v) is 9.55. The summed E-state index contributed by atoms with van der Waals surface area (Å²) < 4.78 is 0. The Kier molecular flexibility index (Phi) is 7.09.